The van der Waals surface area contributed by atoms with Crippen LogP contribution in [-0.2, 0) is 4.79 Å². The normalized spacial score (nSPS) is 17.4. The Morgan fingerprint density at radius 3 is 2.97 bits per heavy atom. The number of carboxylic acids is 1. The van der Waals surface area contributed by atoms with Crippen LogP contribution < -0.4 is 11.1 Å². The number of carbonyl (C=O) groups is 3. The summed E-state index contributed by atoms with van der Waals surface area (Å²) in [6.45, 7) is 0.499. The number of carbonyl (C=O) groups excluding carboxylic acids is 2. The molecule has 2 heterocycles. The van der Waals surface area contributed by atoms with Gasteiger partial charge >= 0.3 is 5.97 Å². The first kappa shape index (κ1) is 21.3. The molecule has 2 atom stereocenters. The number of benzene rings is 1. The van der Waals surface area contributed by atoms with Gasteiger partial charge in [-0.05, 0) is 24.1 Å². The van der Waals surface area contributed by atoms with Crippen molar-refractivity contribution >= 4 is 40.9 Å². The molecular weight excluding hydrogens is 412 g/mol. The lowest BCUT2D eigenvalue weighted by Gasteiger charge is -2.30. The average Bonchev–Trinajstić information content (AvgIpc) is 3.34. The number of nitrogens with zero attached hydrogens (tertiary/aromatic N) is 2. The van der Waals surface area contributed by atoms with Crippen LogP contribution in [0.4, 0.5) is 0 Å². The molecule has 1 aromatic carbocycles. The molecule has 1 aliphatic heterocycles. The number of hydrogen-bond donors (Lipinski definition) is 3. The van der Waals surface area contributed by atoms with Crippen molar-refractivity contribution in [2.75, 3.05) is 19.3 Å². The van der Waals surface area contributed by atoms with Gasteiger partial charge in [0.05, 0.1) is 12.1 Å². The van der Waals surface area contributed by atoms with E-state index in [9.17, 15) is 14.4 Å². The summed E-state index contributed by atoms with van der Waals surface area (Å²) in [6, 6.07) is 6.61. The van der Waals surface area contributed by atoms with Gasteiger partial charge in [-0.15, -0.1) is 11.3 Å². The number of aromatic carboxylic acids is 1. The molecule has 1 unspecified atom stereocenters. The largest absolute Gasteiger partial charge is 0.476 e. The van der Waals surface area contributed by atoms with Crippen molar-refractivity contribution < 1.29 is 19.5 Å². The number of hydrogen-bond acceptors (Lipinski definition) is 7. The monoisotopic (exact) mass is 434 g/mol. The molecule has 0 aliphatic carbocycles. The molecule has 1 aromatic heterocycles. The summed E-state index contributed by atoms with van der Waals surface area (Å²) in [5, 5.41) is 13.0. The van der Waals surface area contributed by atoms with Crippen molar-refractivity contribution in [3.05, 3.63) is 46.5 Å². The Morgan fingerprint density at radius 2 is 2.28 bits per heavy atom. The van der Waals surface area contributed by atoms with Crippen LogP contribution in [0.15, 0.2) is 34.0 Å². The van der Waals surface area contributed by atoms with E-state index in [1.165, 1.54) is 28.5 Å². The van der Waals surface area contributed by atoms with Crippen molar-refractivity contribution in [1.29, 1.82) is 0 Å². The average molecular weight is 435 g/mol. The number of rotatable bonds is 8. The first-order valence-corrected chi connectivity index (χ1v) is 11.0. The quantitative estimate of drug-likeness (QED) is 0.542. The first-order valence-electron chi connectivity index (χ1n) is 9.09. The van der Waals surface area contributed by atoms with Crippen LogP contribution in [0.1, 0.15) is 45.3 Å². The van der Waals surface area contributed by atoms with Crippen LogP contribution in [-0.4, -0.2) is 58.2 Å². The lowest BCUT2D eigenvalue weighted by Crippen LogP contribution is -2.41. The van der Waals surface area contributed by atoms with E-state index in [0.717, 1.165) is 5.56 Å². The van der Waals surface area contributed by atoms with Gasteiger partial charge in [-0.3, -0.25) is 9.59 Å². The molecule has 0 saturated carbocycles. The predicted molar refractivity (Wildman–Crippen MR) is 111 cm³/mol. The minimum atomic E-state index is -1.05. The van der Waals surface area contributed by atoms with Crippen molar-refractivity contribution in [2.24, 2.45) is 5.73 Å². The Bertz CT molecular complexity index is 917. The summed E-state index contributed by atoms with van der Waals surface area (Å²) in [5.74, 6) is -0.578. The molecule has 2 amide bonds. The van der Waals surface area contributed by atoms with Crippen LogP contribution in [0.3, 0.4) is 0 Å². The van der Waals surface area contributed by atoms with Crippen LogP contribution in [0, 0.1) is 0 Å². The molecule has 4 N–H and O–H groups in total. The van der Waals surface area contributed by atoms with Crippen molar-refractivity contribution in [2.45, 2.75) is 29.3 Å². The fourth-order valence-electron chi connectivity index (χ4n) is 3.33. The molecule has 3 rings (SSSR count). The molecule has 154 valence electrons. The number of thiazole rings is 1. The second-order valence-electron chi connectivity index (χ2n) is 6.58. The van der Waals surface area contributed by atoms with Gasteiger partial charge in [-0.1, -0.05) is 23.9 Å². The lowest BCUT2D eigenvalue weighted by molar-refractivity contribution is -0.128. The Kier molecular flexibility index (Phi) is 6.88. The minimum absolute atomic E-state index is 0.0330. The predicted octanol–water partition coefficient (Wildman–Crippen LogP) is 1.98. The molecule has 29 heavy (non-hydrogen) atoms. The van der Waals surface area contributed by atoms with Gasteiger partial charge in [-0.2, -0.15) is 0 Å². The van der Waals surface area contributed by atoms with Gasteiger partial charge in [-0.25, -0.2) is 9.78 Å². The third-order valence-corrected chi connectivity index (χ3v) is 6.81. The highest BCUT2D eigenvalue weighted by atomic mass is 32.2. The Labute approximate surface area is 176 Å². The molecular formula is C19H22N4O4S2. The van der Waals surface area contributed by atoms with E-state index in [2.05, 4.69) is 10.3 Å². The molecule has 10 heteroatoms. The molecule has 0 radical (unpaired) electrons. The van der Waals surface area contributed by atoms with E-state index < -0.39 is 12.0 Å². The summed E-state index contributed by atoms with van der Waals surface area (Å²) in [7, 11) is 1.58. The van der Waals surface area contributed by atoms with E-state index in [4.69, 9.17) is 10.8 Å². The van der Waals surface area contributed by atoms with Gasteiger partial charge in [0.25, 0.3) is 5.91 Å². The third-order valence-electron chi connectivity index (χ3n) is 4.81. The topological polar surface area (TPSA) is 126 Å². The van der Waals surface area contributed by atoms with Crippen LogP contribution in [0.5, 0.6) is 0 Å². The Balaban J connectivity index is 1.64. The molecule has 0 bridgehead atoms. The summed E-state index contributed by atoms with van der Waals surface area (Å²) in [6.07, 6.45) is 1.11. The second kappa shape index (κ2) is 9.38. The fraction of sp³-hybridized carbons (Fsp3) is 0.368. The smallest absolute Gasteiger partial charge is 0.355 e. The maximum atomic E-state index is 12.4. The number of aromatic nitrogens is 1. The van der Waals surface area contributed by atoms with Crippen molar-refractivity contribution in [3.8, 4) is 0 Å². The molecule has 8 nitrogen and oxygen atoms in total. The maximum Gasteiger partial charge on any atom is 0.355 e. The number of amides is 2. The number of carboxylic acid groups (broad SMARTS) is 1. The number of thioether (sulfide) groups is 1. The van der Waals surface area contributed by atoms with Gasteiger partial charge in [0, 0.05) is 36.7 Å². The third kappa shape index (κ3) is 4.95. The summed E-state index contributed by atoms with van der Waals surface area (Å²) < 4.78 is 0.660. The molecule has 1 saturated heterocycles. The lowest BCUT2D eigenvalue weighted by atomic mass is 9.96. The van der Waals surface area contributed by atoms with Gasteiger partial charge in [0.15, 0.2) is 10.0 Å². The zero-order valence-electron chi connectivity index (χ0n) is 15.8. The molecule has 1 aliphatic rings. The Hall–Kier alpha value is -2.43. The van der Waals surface area contributed by atoms with E-state index in [1.807, 2.05) is 6.07 Å². The van der Waals surface area contributed by atoms with E-state index in [1.54, 1.807) is 30.1 Å². The molecule has 0 spiro atoms. The zero-order chi connectivity index (χ0) is 21.0. The summed E-state index contributed by atoms with van der Waals surface area (Å²) >= 11 is 2.70. The van der Waals surface area contributed by atoms with Gasteiger partial charge in [0.1, 0.15) is 0 Å². The highest BCUT2D eigenvalue weighted by molar-refractivity contribution is 8.01. The summed E-state index contributed by atoms with van der Waals surface area (Å²) in [5.41, 5.74) is 7.85. The summed E-state index contributed by atoms with van der Waals surface area (Å²) in [4.78, 5) is 41.0. The number of nitrogens with one attached hydrogen (secondary N) is 1. The van der Waals surface area contributed by atoms with Crippen LogP contribution in [0.25, 0.3) is 0 Å². The highest BCUT2D eigenvalue weighted by Crippen LogP contribution is 2.30. The minimum Gasteiger partial charge on any atom is -0.476 e. The number of nitrogens with two attached hydrogens (primary N) is 1. The molecule has 1 fully saturated rings. The second-order valence-corrected chi connectivity index (χ2v) is 8.78. The van der Waals surface area contributed by atoms with E-state index in [-0.39, 0.29) is 23.6 Å². The fourth-order valence-corrected chi connectivity index (χ4v) is 5.14. The standard InChI is InChI=1S/C19H22N4O4S2/c1-21-17(25)12-4-2-3-11(9-12)16(20)14-5-6-15(24)23(14)7-8-28-19-22-13(10-29-19)18(26)27/h2-4,9-10,14,16H,5-8,20H2,1H3,(H,21,25)(H,26,27)/t14-,16?/m1/s1. The molecule has 2 aromatic rings. The van der Waals surface area contributed by atoms with Crippen molar-refractivity contribution in [3.63, 3.8) is 0 Å². The van der Waals surface area contributed by atoms with Crippen LogP contribution in [0.2, 0.25) is 0 Å². The first-order chi connectivity index (χ1) is 13.9. The van der Waals surface area contributed by atoms with Crippen LogP contribution >= 0.6 is 23.1 Å². The zero-order valence-corrected chi connectivity index (χ0v) is 17.5. The SMILES string of the molecule is CNC(=O)c1cccc(C(N)[C@H]2CCC(=O)N2CCSc2nc(C(=O)O)cs2)c1. The number of likely N-dealkylation sites (tertiary alicyclic amines) is 1. The van der Waals surface area contributed by atoms with Crippen molar-refractivity contribution in [1.82, 2.24) is 15.2 Å². The van der Waals surface area contributed by atoms with Gasteiger partial charge in [0.2, 0.25) is 5.91 Å². The highest BCUT2D eigenvalue weighted by Gasteiger charge is 2.35. The maximum absolute atomic E-state index is 12.4. The van der Waals surface area contributed by atoms with E-state index in [0.29, 0.717) is 35.0 Å². The van der Waals surface area contributed by atoms with E-state index >= 15 is 0 Å². The Morgan fingerprint density at radius 1 is 1.48 bits per heavy atom. The van der Waals surface area contributed by atoms with Gasteiger partial charge < -0.3 is 21.1 Å².